The van der Waals surface area contributed by atoms with E-state index in [1.807, 2.05) is 0 Å². The van der Waals surface area contributed by atoms with Gasteiger partial charge in [0, 0.05) is 5.17 Å². The fourth-order valence-electron chi connectivity index (χ4n) is 0.804. The number of benzene rings is 1. The first kappa shape index (κ1) is 11.7. The van der Waals surface area contributed by atoms with Gasteiger partial charge in [0.05, 0.1) is 0 Å². The summed E-state index contributed by atoms with van der Waals surface area (Å²) in [5, 5.41) is 17.9. The van der Waals surface area contributed by atoms with E-state index in [0.717, 1.165) is 0 Å². The zero-order chi connectivity index (χ0) is 8.97. The van der Waals surface area contributed by atoms with Crippen molar-refractivity contribution in [2.45, 2.75) is 6.54 Å². The van der Waals surface area contributed by atoms with Gasteiger partial charge in [0.2, 0.25) is 0 Å². The summed E-state index contributed by atoms with van der Waals surface area (Å²) in [5.41, 5.74) is 0.691. The number of hydrazine groups is 1. The second-order valence-electron chi connectivity index (χ2n) is 2.25. The van der Waals surface area contributed by atoms with Crippen LogP contribution in [0.4, 0.5) is 0 Å². The largest absolute Gasteiger partial charge is 0.236 e. The van der Waals surface area contributed by atoms with Gasteiger partial charge in [-0.2, -0.15) is 0 Å². The van der Waals surface area contributed by atoms with E-state index in [0.29, 0.717) is 5.56 Å². The van der Waals surface area contributed by atoms with Crippen LogP contribution in [-0.2, 0) is 6.54 Å². The van der Waals surface area contributed by atoms with Crippen LogP contribution in [0.25, 0.3) is 0 Å². The van der Waals surface area contributed by atoms with Gasteiger partial charge in [0.15, 0.2) is 5.03 Å². The Labute approximate surface area is 81.1 Å². The predicted molar refractivity (Wildman–Crippen MR) is 48.0 cm³/mol. The van der Waals surface area contributed by atoms with Gasteiger partial charge in [-0.25, -0.2) is 15.3 Å². The van der Waals surface area contributed by atoms with E-state index in [1.165, 1.54) is 0 Å². The summed E-state index contributed by atoms with van der Waals surface area (Å²) in [7, 11) is 0. The first-order chi connectivity index (χ1) is 5.70. The Balaban J connectivity index is 0.00000144. The van der Waals surface area contributed by atoms with Crippen molar-refractivity contribution in [1.29, 1.82) is 0 Å². The maximum absolute atomic E-state index is 9.99. The number of nitro groups is 1. The first-order valence-electron chi connectivity index (χ1n) is 3.35. The van der Waals surface area contributed by atoms with Gasteiger partial charge in [-0.05, 0) is 5.56 Å². The topological polar surface area (TPSA) is 66.6 Å². The van der Waals surface area contributed by atoms with Gasteiger partial charge in [-0.15, -0.1) is 12.4 Å². The Kier molecular flexibility index (Phi) is 4.79. The van der Waals surface area contributed by atoms with E-state index >= 15 is 0 Å². The van der Waals surface area contributed by atoms with Crippen molar-refractivity contribution in [3.05, 3.63) is 46.0 Å². The second kappa shape index (κ2) is 5.34. The number of hydrogen-bond acceptors (Lipinski definition) is 3. The Morgan fingerprint density at radius 1 is 1.38 bits per heavy atom. The molecule has 0 heterocycles. The molecule has 1 rings (SSSR count). The molecule has 0 bridgehead atoms. The van der Waals surface area contributed by atoms with Gasteiger partial charge in [-0.3, -0.25) is 0 Å². The lowest BCUT2D eigenvalue weighted by Crippen LogP contribution is -2.25. The van der Waals surface area contributed by atoms with Gasteiger partial charge in [0.25, 0.3) is 0 Å². The van der Waals surface area contributed by atoms with Crippen LogP contribution >= 0.6 is 12.4 Å². The zero-order valence-electron chi connectivity index (χ0n) is 6.66. The number of hydrogen-bond donors (Lipinski definition) is 1. The number of nitrogens with zero attached hydrogens (tertiary/aromatic N) is 2. The minimum Gasteiger partial charge on any atom is -0.236 e. The smallest absolute Gasteiger partial charge is 0.187 e. The van der Waals surface area contributed by atoms with Gasteiger partial charge < -0.3 is 0 Å². The van der Waals surface area contributed by atoms with Crippen LogP contribution in [0.1, 0.15) is 5.56 Å². The number of hydroxylamine groups is 1. The highest BCUT2D eigenvalue weighted by atomic mass is 35.5. The molecule has 0 spiro atoms. The molecule has 0 aliphatic rings. The maximum atomic E-state index is 9.99. The fourth-order valence-corrected chi connectivity index (χ4v) is 0.804. The van der Waals surface area contributed by atoms with Crippen LogP contribution in [-0.4, -0.2) is 15.4 Å². The molecule has 13 heavy (non-hydrogen) atoms. The SMILES string of the molecule is Cl.O=[N+]([O-])N(O)Cc1ccccc1. The standard InChI is InChI=1S/C7H8N2O3.ClH/c10-8(9(11)12)6-7-4-2-1-3-5-7;/h1-5,10H,6H2;1H. The van der Waals surface area contributed by atoms with Crippen LogP contribution in [0.15, 0.2) is 30.3 Å². The average Bonchev–Trinajstić information content (AvgIpc) is 2.06. The summed E-state index contributed by atoms with van der Waals surface area (Å²) in [6.45, 7) is -0.103. The lowest BCUT2D eigenvalue weighted by Gasteiger charge is -2.04. The van der Waals surface area contributed by atoms with Crippen LogP contribution in [0.5, 0.6) is 0 Å². The monoisotopic (exact) mass is 204 g/mol. The number of rotatable bonds is 3. The lowest BCUT2D eigenvalue weighted by molar-refractivity contribution is -0.732. The molecular formula is C7H9ClN2O3. The molecule has 0 aromatic heterocycles. The summed E-state index contributed by atoms with van der Waals surface area (Å²) in [6, 6.07) is 8.71. The van der Waals surface area contributed by atoms with Crippen molar-refractivity contribution in [2.75, 3.05) is 0 Å². The molecule has 0 unspecified atom stereocenters. The Bertz CT molecular complexity index is 268. The quantitative estimate of drug-likeness (QED) is 0.599. The van der Waals surface area contributed by atoms with E-state index in [9.17, 15) is 10.1 Å². The molecule has 0 amide bonds. The Morgan fingerprint density at radius 3 is 2.38 bits per heavy atom. The third kappa shape index (κ3) is 3.73. The highest BCUT2D eigenvalue weighted by Crippen LogP contribution is 2.01. The molecule has 0 fully saturated rings. The van der Waals surface area contributed by atoms with Crippen LogP contribution in [0.2, 0.25) is 0 Å². The van der Waals surface area contributed by atoms with E-state index in [4.69, 9.17) is 5.21 Å². The summed E-state index contributed by atoms with van der Waals surface area (Å²) < 4.78 is 0. The van der Waals surface area contributed by atoms with E-state index in [2.05, 4.69) is 0 Å². The fraction of sp³-hybridized carbons (Fsp3) is 0.143. The highest BCUT2D eigenvalue weighted by molar-refractivity contribution is 5.85. The normalized spacial score (nSPS) is 8.69. The van der Waals surface area contributed by atoms with Crippen molar-refractivity contribution >= 4 is 12.4 Å². The summed E-state index contributed by atoms with van der Waals surface area (Å²) in [4.78, 5) is 9.99. The Hall–Kier alpha value is -1.33. The number of halogens is 1. The van der Waals surface area contributed by atoms with Crippen molar-refractivity contribution in [2.24, 2.45) is 0 Å². The van der Waals surface area contributed by atoms with Gasteiger partial charge in [-0.1, -0.05) is 30.3 Å². The van der Waals surface area contributed by atoms with Gasteiger partial charge >= 0.3 is 0 Å². The predicted octanol–water partition coefficient (Wildman–Crippen LogP) is 1.49. The molecule has 5 nitrogen and oxygen atoms in total. The molecule has 1 aromatic carbocycles. The van der Waals surface area contributed by atoms with Crippen molar-refractivity contribution in [3.8, 4) is 0 Å². The zero-order valence-corrected chi connectivity index (χ0v) is 7.48. The summed E-state index contributed by atoms with van der Waals surface area (Å²) in [5.74, 6) is 0. The highest BCUT2D eigenvalue weighted by Gasteiger charge is 2.09. The van der Waals surface area contributed by atoms with Crippen LogP contribution in [0.3, 0.4) is 0 Å². The minimum atomic E-state index is -0.868. The molecule has 0 saturated heterocycles. The third-order valence-electron chi connectivity index (χ3n) is 1.36. The third-order valence-corrected chi connectivity index (χ3v) is 1.36. The van der Waals surface area contributed by atoms with Crippen molar-refractivity contribution in [1.82, 2.24) is 5.17 Å². The Morgan fingerprint density at radius 2 is 1.92 bits per heavy atom. The van der Waals surface area contributed by atoms with E-state index < -0.39 is 5.03 Å². The molecule has 6 heteroatoms. The van der Waals surface area contributed by atoms with Crippen molar-refractivity contribution in [3.63, 3.8) is 0 Å². The molecule has 0 aliphatic carbocycles. The molecule has 1 aromatic rings. The molecule has 0 aliphatic heterocycles. The lowest BCUT2D eigenvalue weighted by atomic mass is 10.2. The van der Waals surface area contributed by atoms with E-state index in [-0.39, 0.29) is 24.1 Å². The molecular weight excluding hydrogens is 196 g/mol. The van der Waals surface area contributed by atoms with Crippen LogP contribution < -0.4 is 0 Å². The molecule has 0 saturated carbocycles. The molecule has 1 N–H and O–H groups in total. The summed E-state index contributed by atoms with van der Waals surface area (Å²) in [6.07, 6.45) is 0. The van der Waals surface area contributed by atoms with Crippen LogP contribution in [0, 0.1) is 10.1 Å². The molecule has 0 atom stereocenters. The second-order valence-corrected chi connectivity index (χ2v) is 2.25. The maximum Gasteiger partial charge on any atom is 0.187 e. The van der Waals surface area contributed by atoms with E-state index in [1.54, 1.807) is 30.3 Å². The van der Waals surface area contributed by atoms with Gasteiger partial charge in [0.1, 0.15) is 6.54 Å². The average molecular weight is 205 g/mol. The van der Waals surface area contributed by atoms with Crippen molar-refractivity contribution < 1.29 is 10.2 Å². The molecule has 72 valence electrons. The molecule has 0 radical (unpaired) electrons. The summed E-state index contributed by atoms with van der Waals surface area (Å²) >= 11 is 0. The first-order valence-corrected chi connectivity index (χ1v) is 3.35. The minimum absolute atomic E-state index is 0.